The molecule has 13 nitrogen and oxygen atoms in total. The Labute approximate surface area is 165 Å². The van der Waals surface area contributed by atoms with Gasteiger partial charge in [-0.05, 0) is 6.42 Å². The van der Waals surface area contributed by atoms with E-state index in [-0.39, 0.29) is 24.6 Å². The highest BCUT2D eigenvalue weighted by Gasteiger charge is 2.51. The monoisotopic (exact) mass is 412 g/mol. The zero-order chi connectivity index (χ0) is 21.2. The molecule has 13 heteroatoms. The van der Waals surface area contributed by atoms with Crippen molar-refractivity contribution in [1.29, 1.82) is 0 Å². The number of rotatable bonds is 6. The summed E-state index contributed by atoms with van der Waals surface area (Å²) in [6.45, 7) is 1.30. The van der Waals surface area contributed by atoms with Crippen LogP contribution in [0.1, 0.15) is 26.2 Å². The van der Waals surface area contributed by atoms with Crippen LogP contribution in [0, 0.1) is 0 Å². The lowest BCUT2D eigenvalue weighted by Gasteiger charge is -2.31. The molecule has 0 aliphatic carbocycles. The Morgan fingerprint density at radius 1 is 1.38 bits per heavy atom. The zero-order valence-electron chi connectivity index (χ0n) is 15.7. The van der Waals surface area contributed by atoms with E-state index in [4.69, 9.17) is 4.74 Å². The second-order valence-electron chi connectivity index (χ2n) is 6.82. The standard InChI is InChI=1S/C16H24N6O7/c1-2-3-4-9(24)20-15(27)21-16(28)12-13(17-6-19-16)22(7-18-12)14-11(26)10(25)8(5-23)29-14/h6,8,10-11,14,23,25-26,28H,2-5,7H2,1H3,(H2,20,21,24,27)/t8-,10-,11-,14-,16?/m1/s1. The SMILES string of the molecule is CCCCC(=O)NC(=O)NC1(O)N=CN=C2C1=NCN2[C@@H]1O[C@H](CO)[C@@H](O)[C@H]1O. The molecule has 0 aromatic rings. The smallest absolute Gasteiger partial charge is 0.325 e. The molecular formula is C16H24N6O7. The average molecular weight is 412 g/mol. The normalized spacial score (nSPS) is 33.2. The van der Waals surface area contributed by atoms with Gasteiger partial charge in [0, 0.05) is 6.42 Å². The predicted molar refractivity (Wildman–Crippen MR) is 99.0 cm³/mol. The largest absolute Gasteiger partial charge is 0.394 e. The minimum absolute atomic E-state index is 0.0648. The lowest BCUT2D eigenvalue weighted by atomic mass is 10.1. The molecule has 3 rings (SSSR count). The number of aliphatic hydroxyl groups excluding tert-OH is 3. The summed E-state index contributed by atoms with van der Waals surface area (Å²) in [6.07, 6.45) is -2.18. The van der Waals surface area contributed by atoms with Crippen LogP contribution in [0.2, 0.25) is 0 Å². The van der Waals surface area contributed by atoms with E-state index in [1.165, 1.54) is 4.90 Å². The van der Waals surface area contributed by atoms with Gasteiger partial charge >= 0.3 is 6.03 Å². The number of hydrogen-bond acceptors (Lipinski definition) is 11. The Bertz CT molecular complexity index is 756. The highest BCUT2D eigenvalue weighted by atomic mass is 16.6. The first kappa shape index (κ1) is 21.3. The summed E-state index contributed by atoms with van der Waals surface area (Å²) in [4.78, 5) is 37.0. The number of aliphatic hydroxyl groups is 4. The lowest BCUT2D eigenvalue weighted by molar-refractivity contribution is -0.120. The number of nitrogens with zero attached hydrogens (tertiary/aromatic N) is 4. The summed E-state index contributed by atoms with van der Waals surface area (Å²) in [5.74, 6) is -2.71. The fourth-order valence-electron chi connectivity index (χ4n) is 3.20. The maximum atomic E-state index is 12.1. The maximum Gasteiger partial charge on any atom is 0.325 e. The number of nitrogens with one attached hydrogen (secondary N) is 2. The van der Waals surface area contributed by atoms with Crippen LogP contribution in [0.3, 0.4) is 0 Å². The quantitative estimate of drug-likeness (QED) is 0.253. The summed E-state index contributed by atoms with van der Waals surface area (Å²) in [6, 6.07) is -0.957. The van der Waals surface area contributed by atoms with E-state index in [0.29, 0.717) is 6.42 Å². The van der Waals surface area contributed by atoms with Gasteiger partial charge in [0.1, 0.15) is 31.3 Å². The molecule has 0 saturated carbocycles. The molecule has 0 radical (unpaired) electrons. The number of carbonyl (C=O) groups is 2. The highest BCUT2D eigenvalue weighted by molar-refractivity contribution is 6.47. The van der Waals surface area contributed by atoms with Gasteiger partial charge in [0.05, 0.1) is 6.61 Å². The van der Waals surface area contributed by atoms with Crippen molar-refractivity contribution in [2.45, 2.75) is 56.6 Å². The Morgan fingerprint density at radius 3 is 2.79 bits per heavy atom. The fourth-order valence-corrected chi connectivity index (χ4v) is 3.20. The van der Waals surface area contributed by atoms with Crippen LogP contribution in [0.5, 0.6) is 0 Å². The van der Waals surface area contributed by atoms with Crippen molar-refractivity contribution in [2.75, 3.05) is 13.3 Å². The molecule has 1 fully saturated rings. The van der Waals surface area contributed by atoms with Gasteiger partial charge in [-0.25, -0.2) is 14.8 Å². The highest BCUT2D eigenvalue weighted by Crippen LogP contribution is 2.28. The van der Waals surface area contributed by atoms with Crippen LogP contribution in [0.25, 0.3) is 0 Å². The summed E-state index contributed by atoms with van der Waals surface area (Å²) in [5.41, 5.74) is -0.117. The van der Waals surface area contributed by atoms with Gasteiger partial charge in [-0.15, -0.1) is 0 Å². The first-order valence-electron chi connectivity index (χ1n) is 9.21. The number of imide groups is 1. The second kappa shape index (κ2) is 8.51. The molecule has 0 bridgehead atoms. The lowest BCUT2D eigenvalue weighted by Crippen LogP contribution is -2.61. The van der Waals surface area contributed by atoms with Gasteiger partial charge < -0.3 is 30.1 Å². The molecule has 0 aromatic carbocycles. The van der Waals surface area contributed by atoms with E-state index < -0.39 is 48.9 Å². The molecular weight excluding hydrogens is 388 g/mol. The topological polar surface area (TPSA) is 189 Å². The van der Waals surface area contributed by atoms with Gasteiger partial charge in [0.25, 0.3) is 5.85 Å². The summed E-state index contributed by atoms with van der Waals surface area (Å²) >= 11 is 0. The third kappa shape index (κ3) is 4.13. The van der Waals surface area contributed by atoms with Crippen molar-refractivity contribution in [3.63, 3.8) is 0 Å². The second-order valence-corrected chi connectivity index (χ2v) is 6.82. The van der Waals surface area contributed by atoms with E-state index in [1.807, 2.05) is 6.92 Å². The molecule has 3 amide bonds. The fraction of sp³-hybridized carbons (Fsp3) is 0.688. The van der Waals surface area contributed by atoms with Gasteiger partial charge in [-0.1, -0.05) is 13.3 Å². The first-order valence-corrected chi connectivity index (χ1v) is 9.21. The molecule has 3 heterocycles. The van der Waals surface area contributed by atoms with Crippen LogP contribution in [0.15, 0.2) is 15.0 Å². The number of unbranched alkanes of at least 4 members (excludes halogenated alkanes) is 1. The molecule has 6 N–H and O–H groups in total. The number of amidine groups is 1. The number of carbonyl (C=O) groups excluding carboxylic acids is 2. The molecule has 3 aliphatic rings. The molecule has 5 atom stereocenters. The van der Waals surface area contributed by atoms with E-state index in [0.717, 1.165) is 12.8 Å². The van der Waals surface area contributed by atoms with Crippen LogP contribution in [0.4, 0.5) is 4.79 Å². The van der Waals surface area contributed by atoms with Crippen molar-refractivity contribution < 1.29 is 34.8 Å². The third-order valence-corrected chi connectivity index (χ3v) is 4.74. The number of ether oxygens (including phenoxy) is 1. The van der Waals surface area contributed by atoms with Gasteiger partial charge in [-0.2, -0.15) is 0 Å². The van der Waals surface area contributed by atoms with Crippen LogP contribution in [-0.4, -0.2) is 98.8 Å². The molecule has 1 saturated heterocycles. The van der Waals surface area contributed by atoms with Gasteiger partial charge in [0.15, 0.2) is 17.8 Å². The van der Waals surface area contributed by atoms with Crippen LogP contribution in [-0.2, 0) is 9.53 Å². The summed E-state index contributed by atoms with van der Waals surface area (Å²) < 4.78 is 5.46. The molecule has 29 heavy (non-hydrogen) atoms. The van der Waals surface area contributed by atoms with Crippen LogP contribution >= 0.6 is 0 Å². The Morgan fingerprint density at radius 2 is 2.14 bits per heavy atom. The van der Waals surface area contributed by atoms with Crippen molar-refractivity contribution in [3.05, 3.63) is 0 Å². The Balaban J connectivity index is 1.68. The molecule has 3 aliphatic heterocycles. The van der Waals surface area contributed by atoms with E-state index in [2.05, 4.69) is 25.6 Å². The van der Waals surface area contributed by atoms with Crippen molar-refractivity contribution in [2.24, 2.45) is 15.0 Å². The number of urea groups is 1. The minimum Gasteiger partial charge on any atom is -0.394 e. The Kier molecular flexibility index (Phi) is 6.24. The zero-order valence-corrected chi connectivity index (χ0v) is 15.7. The van der Waals surface area contributed by atoms with E-state index in [9.17, 15) is 30.0 Å². The number of amides is 3. The van der Waals surface area contributed by atoms with E-state index >= 15 is 0 Å². The number of fused-ring (bicyclic) bond motifs is 1. The summed E-state index contributed by atoms with van der Waals surface area (Å²) in [7, 11) is 0. The van der Waals surface area contributed by atoms with E-state index in [1.54, 1.807) is 0 Å². The Hall–Kier alpha value is -2.45. The average Bonchev–Trinajstić information content (AvgIpc) is 3.22. The molecule has 1 unspecified atom stereocenters. The molecule has 160 valence electrons. The van der Waals surface area contributed by atoms with Crippen molar-refractivity contribution in [1.82, 2.24) is 15.5 Å². The van der Waals surface area contributed by atoms with Crippen LogP contribution < -0.4 is 10.6 Å². The molecule has 0 aromatic heterocycles. The number of aliphatic imine (C=N–C) groups is 3. The minimum atomic E-state index is -2.28. The molecule has 0 spiro atoms. The number of hydrogen-bond donors (Lipinski definition) is 6. The van der Waals surface area contributed by atoms with Crippen molar-refractivity contribution >= 4 is 29.8 Å². The van der Waals surface area contributed by atoms with Gasteiger partial charge in [-0.3, -0.25) is 20.4 Å². The predicted octanol–water partition coefficient (Wildman–Crippen LogP) is -2.76. The summed E-state index contributed by atoms with van der Waals surface area (Å²) in [5, 5.41) is 44.4. The third-order valence-electron chi connectivity index (χ3n) is 4.74. The van der Waals surface area contributed by atoms with Gasteiger partial charge in [0.2, 0.25) is 5.91 Å². The first-order chi connectivity index (χ1) is 13.8. The maximum absolute atomic E-state index is 12.1. The van der Waals surface area contributed by atoms with Crippen molar-refractivity contribution in [3.8, 4) is 0 Å².